The fourth-order valence-corrected chi connectivity index (χ4v) is 5.22. The molecular formula is C31H24BrCl2N3O2. The number of fused-ring (bicyclic) bond motifs is 1. The van der Waals surface area contributed by atoms with Gasteiger partial charge in [0.1, 0.15) is 0 Å². The first-order chi connectivity index (χ1) is 18.8. The van der Waals surface area contributed by atoms with Gasteiger partial charge in [-0.05, 0) is 47.9 Å². The van der Waals surface area contributed by atoms with Crippen LogP contribution in [0.3, 0.4) is 0 Å². The second-order valence-corrected chi connectivity index (χ2v) is 11.0. The molecule has 0 saturated heterocycles. The monoisotopic (exact) mass is 619 g/mol. The molecule has 4 aromatic rings. The first-order valence-corrected chi connectivity index (χ1v) is 13.9. The maximum atomic E-state index is 13.9. The molecule has 8 heteroatoms. The molecule has 0 aromatic heterocycles. The van der Waals surface area contributed by atoms with Gasteiger partial charge in [-0.2, -0.15) is 0 Å². The smallest absolute Gasteiger partial charge is 0.272 e. The van der Waals surface area contributed by atoms with Gasteiger partial charge in [-0.1, -0.05) is 106 Å². The number of carbonyl (C=O) groups excluding carboxylic acids is 2. The van der Waals surface area contributed by atoms with Crippen molar-refractivity contribution >= 4 is 62.3 Å². The zero-order valence-corrected chi connectivity index (χ0v) is 24.0. The van der Waals surface area contributed by atoms with E-state index in [1.54, 1.807) is 24.1 Å². The van der Waals surface area contributed by atoms with Crippen molar-refractivity contribution in [2.24, 2.45) is 4.99 Å². The van der Waals surface area contributed by atoms with Crippen molar-refractivity contribution in [2.45, 2.75) is 18.5 Å². The summed E-state index contributed by atoms with van der Waals surface area (Å²) >= 11 is 15.8. The van der Waals surface area contributed by atoms with Crippen molar-refractivity contribution < 1.29 is 9.59 Å². The fourth-order valence-electron chi connectivity index (χ4n) is 4.64. The van der Waals surface area contributed by atoms with Gasteiger partial charge in [-0.15, -0.1) is 0 Å². The minimum absolute atomic E-state index is 0.316. The third kappa shape index (κ3) is 5.93. The summed E-state index contributed by atoms with van der Waals surface area (Å²) in [4.78, 5) is 33.9. The molecule has 5 nitrogen and oxygen atoms in total. The Morgan fingerprint density at radius 3 is 2.36 bits per heavy atom. The van der Waals surface area contributed by atoms with Crippen LogP contribution in [0.5, 0.6) is 0 Å². The van der Waals surface area contributed by atoms with Crippen LogP contribution >= 0.6 is 39.1 Å². The molecule has 1 heterocycles. The minimum Gasteiger partial charge on any atom is -0.326 e. The number of benzodiazepines with no additional fused rings is 1. The Morgan fingerprint density at radius 1 is 0.949 bits per heavy atom. The third-order valence-electron chi connectivity index (χ3n) is 6.68. The lowest BCUT2D eigenvalue weighted by molar-refractivity contribution is -0.128. The van der Waals surface area contributed by atoms with Gasteiger partial charge >= 0.3 is 0 Å². The Labute approximate surface area is 245 Å². The maximum Gasteiger partial charge on any atom is 0.272 e. The van der Waals surface area contributed by atoms with Gasteiger partial charge in [-0.3, -0.25) is 9.59 Å². The number of aliphatic imine (C=N–C) groups is 1. The second kappa shape index (κ2) is 11.7. The number of amides is 2. The fraction of sp³-hybridized carbons (Fsp3) is 0.129. The Kier molecular flexibility index (Phi) is 8.17. The highest BCUT2D eigenvalue weighted by Gasteiger charge is 2.33. The molecule has 5 rings (SSSR count). The van der Waals surface area contributed by atoms with Gasteiger partial charge < -0.3 is 10.2 Å². The Hall–Kier alpha value is -3.45. The van der Waals surface area contributed by atoms with Crippen molar-refractivity contribution in [3.05, 3.63) is 134 Å². The third-order valence-corrected chi connectivity index (χ3v) is 7.95. The SMILES string of the molecule is CN1C(=O)C(NC(=O)C(Cc2ccc(Cl)c(Cl)c2)c2ccccc2)N=C(c2ccc(Br)cc2)c2ccccc21. The molecule has 0 saturated carbocycles. The molecule has 2 amide bonds. The number of likely N-dealkylation sites (N-methyl/N-ethyl adjacent to an activating group) is 1. The first kappa shape index (κ1) is 27.1. The molecule has 0 aliphatic carbocycles. The van der Waals surface area contributed by atoms with Gasteiger partial charge in [0.25, 0.3) is 5.91 Å². The number of carbonyl (C=O) groups is 2. The first-order valence-electron chi connectivity index (χ1n) is 12.3. The van der Waals surface area contributed by atoms with Crippen LogP contribution < -0.4 is 10.2 Å². The Morgan fingerprint density at radius 2 is 1.64 bits per heavy atom. The van der Waals surface area contributed by atoms with Crippen LogP contribution in [0.2, 0.25) is 10.0 Å². The number of rotatable bonds is 6. The molecule has 2 unspecified atom stereocenters. The number of halogens is 3. The summed E-state index contributed by atoms with van der Waals surface area (Å²) in [6.45, 7) is 0. The van der Waals surface area contributed by atoms with Gasteiger partial charge in [0, 0.05) is 22.6 Å². The minimum atomic E-state index is -1.12. The van der Waals surface area contributed by atoms with Crippen LogP contribution in [-0.4, -0.2) is 30.7 Å². The summed E-state index contributed by atoms with van der Waals surface area (Å²) in [7, 11) is 1.70. The molecule has 39 heavy (non-hydrogen) atoms. The molecular weight excluding hydrogens is 597 g/mol. The van der Waals surface area contributed by atoms with Crippen LogP contribution in [0.1, 0.15) is 28.2 Å². The zero-order chi connectivity index (χ0) is 27.5. The van der Waals surface area contributed by atoms with E-state index in [9.17, 15) is 9.59 Å². The lowest BCUT2D eigenvalue weighted by atomic mass is 9.91. The highest BCUT2D eigenvalue weighted by molar-refractivity contribution is 9.10. The molecule has 1 N–H and O–H groups in total. The van der Waals surface area contributed by atoms with E-state index in [-0.39, 0.29) is 11.8 Å². The molecule has 4 aromatic carbocycles. The van der Waals surface area contributed by atoms with Crippen molar-refractivity contribution in [3.8, 4) is 0 Å². The van der Waals surface area contributed by atoms with Crippen LogP contribution in [0.25, 0.3) is 0 Å². The van der Waals surface area contributed by atoms with E-state index in [1.165, 1.54) is 0 Å². The highest BCUT2D eigenvalue weighted by atomic mass is 79.9. The molecule has 0 radical (unpaired) electrons. The van der Waals surface area contributed by atoms with Gasteiger partial charge in [0.15, 0.2) is 0 Å². The van der Waals surface area contributed by atoms with Crippen LogP contribution in [-0.2, 0) is 16.0 Å². The van der Waals surface area contributed by atoms with E-state index in [0.717, 1.165) is 32.4 Å². The normalized spacial score (nSPS) is 15.7. The quantitative estimate of drug-likeness (QED) is 0.251. The van der Waals surface area contributed by atoms with Gasteiger partial charge in [-0.25, -0.2) is 4.99 Å². The van der Waals surface area contributed by atoms with Crippen molar-refractivity contribution in [1.82, 2.24) is 5.32 Å². The van der Waals surface area contributed by atoms with E-state index >= 15 is 0 Å². The number of nitrogens with zero attached hydrogens (tertiary/aromatic N) is 2. The summed E-state index contributed by atoms with van der Waals surface area (Å²) in [5.74, 6) is -1.23. The second-order valence-electron chi connectivity index (χ2n) is 9.23. The molecule has 2 atom stereocenters. The molecule has 1 aliphatic heterocycles. The lowest BCUT2D eigenvalue weighted by Gasteiger charge is -2.23. The molecule has 0 fully saturated rings. The van der Waals surface area contributed by atoms with E-state index < -0.39 is 12.1 Å². The topological polar surface area (TPSA) is 61.8 Å². The number of nitrogens with one attached hydrogen (secondary N) is 1. The Bertz CT molecular complexity index is 1560. The number of benzene rings is 4. The molecule has 0 spiro atoms. The lowest BCUT2D eigenvalue weighted by Crippen LogP contribution is -2.47. The number of anilines is 1. The number of hydrogen-bond donors (Lipinski definition) is 1. The van der Waals surface area contributed by atoms with Crippen LogP contribution in [0.4, 0.5) is 5.69 Å². The van der Waals surface area contributed by atoms with Crippen LogP contribution in [0.15, 0.2) is 107 Å². The van der Waals surface area contributed by atoms with E-state index in [2.05, 4.69) is 21.2 Å². The van der Waals surface area contributed by atoms with Crippen LogP contribution in [0, 0.1) is 0 Å². The Balaban J connectivity index is 1.53. The molecule has 196 valence electrons. The van der Waals surface area contributed by atoms with Crippen molar-refractivity contribution in [2.75, 3.05) is 11.9 Å². The van der Waals surface area contributed by atoms with E-state index in [0.29, 0.717) is 22.2 Å². The summed E-state index contributed by atoms with van der Waals surface area (Å²) < 4.78 is 0.930. The zero-order valence-electron chi connectivity index (χ0n) is 20.9. The standard InChI is InChI=1S/C31H24BrCl2N3O2/c1-37-27-10-6-5-9-23(27)28(21-12-14-22(32)15-13-21)35-29(31(37)39)36-30(38)24(20-7-3-2-4-8-20)17-19-11-16-25(33)26(34)18-19/h2-16,18,24,29H,17H2,1H3,(H,36,38). The summed E-state index contributed by atoms with van der Waals surface area (Å²) in [5, 5.41) is 3.81. The van der Waals surface area contributed by atoms with Gasteiger partial charge in [0.05, 0.1) is 27.4 Å². The summed E-state index contributed by atoms with van der Waals surface area (Å²) in [6, 6.07) is 30.1. The highest BCUT2D eigenvalue weighted by Crippen LogP contribution is 2.30. The maximum absolute atomic E-state index is 13.9. The number of hydrogen-bond acceptors (Lipinski definition) is 3. The van der Waals surface area contributed by atoms with E-state index in [1.807, 2.05) is 84.9 Å². The largest absolute Gasteiger partial charge is 0.326 e. The predicted octanol–water partition coefficient (Wildman–Crippen LogP) is 7.04. The average molecular weight is 621 g/mol. The summed E-state index contributed by atoms with van der Waals surface area (Å²) in [5.41, 5.74) is 4.66. The predicted molar refractivity (Wildman–Crippen MR) is 161 cm³/mol. The van der Waals surface area contributed by atoms with Crippen molar-refractivity contribution in [1.29, 1.82) is 0 Å². The van der Waals surface area contributed by atoms with E-state index in [4.69, 9.17) is 28.2 Å². The van der Waals surface area contributed by atoms with Gasteiger partial charge in [0.2, 0.25) is 12.1 Å². The number of para-hydroxylation sites is 1. The van der Waals surface area contributed by atoms with Crippen molar-refractivity contribution in [3.63, 3.8) is 0 Å². The summed E-state index contributed by atoms with van der Waals surface area (Å²) in [6.07, 6.45) is -0.749. The molecule has 1 aliphatic rings. The molecule has 0 bridgehead atoms. The average Bonchev–Trinajstić information content (AvgIpc) is 3.05.